The number of benzene rings is 2. The van der Waals surface area contributed by atoms with Gasteiger partial charge in [0.05, 0.1) is 12.7 Å². The number of carbonyl (C=O) groups excluding carboxylic acids is 1. The molecule has 1 aromatic heterocycles. The molecule has 7 heteroatoms. The zero-order valence-electron chi connectivity index (χ0n) is 18.9. The lowest BCUT2D eigenvalue weighted by atomic mass is 9.75. The van der Waals surface area contributed by atoms with E-state index in [1.165, 1.54) is 0 Å². The van der Waals surface area contributed by atoms with Gasteiger partial charge in [-0.25, -0.2) is 0 Å². The number of rotatable bonds is 6. The number of aliphatic hydroxyl groups is 1. The molecule has 2 aromatic carbocycles. The van der Waals surface area contributed by atoms with Gasteiger partial charge < -0.3 is 24.2 Å². The molecule has 0 bridgehead atoms. The van der Waals surface area contributed by atoms with E-state index in [0.29, 0.717) is 32.6 Å². The summed E-state index contributed by atoms with van der Waals surface area (Å²) >= 11 is 0. The molecule has 1 amide bonds. The average molecular weight is 458 g/mol. The van der Waals surface area contributed by atoms with Gasteiger partial charge in [-0.15, -0.1) is 12.4 Å². The van der Waals surface area contributed by atoms with E-state index in [2.05, 4.69) is 11.0 Å². The minimum Gasteiger partial charge on any atom is -0.497 e. The van der Waals surface area contributed by atoms with Gasteiger partial charge in [-0.2, -0.15) is 0 Å². The Morgan fingerprint density at radius 2 is 1.97 bits per heavy atom. The van der Waals surface area contributed by atoms with E-state index in [0.717, 1.165) is 22.2 Å². The van der Waals surface area contributed by atoms with E-state index in [1.807, 2.05) is 78.3 Å². The van der Waals surface area contributed by atoms with E-state index in [1.54, 1.807) is 7.11 Å². The topological polar surface area (TPSA) is 57.9 Å². The third-order valence-electron chi connectivity index (χ3n) is 6.37. The molecule has 0 aliphatic carbocycles. The highest BCUT2D eigenvalue weighted by molar-refractivity contribution is 5.85. The highest BCUT2D eigenvalue weighted by atomic mass is 35.5. The fraction of sp³-hybridized carbons (Fsp3) is 0.400. The number of halogens is 1. The van der Waals surface area contributed by atoms with Gasteiger partial charge in [-0.3, -0.25) is 4.79 Å². The van der Waals surface area contributed by atoms with Crippen LogP contribution >= 0.6 is 12.4 Å². The first-order valence-corrected chi connectivity index (χ1v) is 10.7. The van der Waals surface area contributed by atoms with Gasteiger partial charge in [-0.05, 0) is 55.7 Å². The molecule has 0 saturated carbocycles. The lowest BCUT2D eigenvalue weighted by Crippen LogP contribution is -2.55. The Bertz CT molecular complexity index is 1070. The van der Waals surface area contributed by atoms with Gasteiger partial charge in [0, 0.05) is 37.3 Å². The molecular weight excluding hydrogens is 426 g/mol. The summed E-state index contributed by atoms with van der Waals surface area (Å²) in [5.41, 5.74) is 0.906. The van der Waals surface area contributed by atoms with Crippen LogP contribution in [-0.2, 0) is 16.9 Å². The number of fused-ring (bicyclic) bond motifs is 1. The number of piperidine rings is 1. The summed E-state index contributed by atoms with van der Waals surface area (Å²) in [6.45, 7) is 2.03. The maximum Gasteiger partial charge on any atom is 0.242 e. The summed E-state index contributed by atoms with van der Waals surface area (Å²) in [5.74, 6) is 0.707. The Kier molecular flexibility index (Phi) is 7.49. The smallest absolute Gasteiger partial charge is 0.242 e. The Balaban J connectivity index is 0.00000289. The van der Waals surface area contributed by atoms with Crippen LogP contribution in [-0.4, -0.2) is 66.2 Å². The molecule has 32 heavy (non-hydrogen) atoms. The zero-order valence-corrected chi connectivity index (χ0v) is 19.7. The molecule has 172 valence electrons. The first-order chi connectivity index (χ1) is 14.9. The van der Waals surface area contributed by atoms with Crippen LogP contribution in [0.1, 0.15) is 12.0 Å². The summed E-state index contributed by atoms with van der Waals surface area (Å²) in [7, 11) is 5.63. The molecule has 1 aliphatic rings. The van der Waals surface area contributed by atoms with Crippen LogP contribution in [0.3, 0.4) is 0 Å². The number of aromatic nitrogens is 1. The third kappa shape index (κ3) is 4.77. The summed E-state index contributed by atoms with van der Waals surface area (Å²) < 4.78 is 7.37. The monoisotopic (exact) mass is 457 g/mol. The molecule has 3 aromatic rings. The van der Waals surface area contributed by atoms with Crippen molar-refractivity contribution in [2.24, 2.45) is 5.92 Å². The van der Waals surface area contributed by atoms with Crippen LogP contribution in [0.2, 0.25) is 0 Å². The Morgan fingerprint density at radius 3 is 2.72 bits per heavy atom. The van der Waals surface area contributed by atoms with Crippen molar-refractivity contribution in [3.05, 3.63) is 66.4 Å². The predicted molar refractivity (Wildman–Crippen MR) is 129 cm³/mol. The van der Waals surface area contributed by atoms with E-state index < -0.39 is 5.60 Å². The second-order valence-corrected chi connectivity index (χ2v) is 8.71. The quantitative estimate of drug-likeness (QED) is 0.616. The number of carbonyl (C=O) groups is 1. The highest BCUT2D eigenvalue weighted by Crippen LogP contribution is 2.39. The maximum absolute atomic E-state index is 13.2. The average Bonchev–Trinajstić information content (AvgIpc) is 3.18. The molecule has 4 rings (SSSR count). The van der Waals surface area contributed by atoms with Crippen LogP contribution in [0, 0.1) is 5.92 Å². The second-order valence-electron chi connectivity index (χ2n) is 8.71. The number of methoxy groups -OCH3 is 1. The molecule has 6 nitrogen and oxygen atoms in total. The fourth-order valence-electron chi connectivity index (χ4n) is 4.69. The molecule has 0 radical (unpaired) electrons. The van der Waals surface area contributed by atoms with Crippen molar-refractivity contribution >= 4 is 29.2 Å². The summed E-state index contributed by atoms with van der Waals surface area (Å²) in [6.07, 6.45) is 2.47. The first-order valence-electron chi connectivity index (χ1n) is 10.7. The number of ether oxygens (including phenoxy) is 1. The Hall–Kier alpha value is -2.54. The van der Waals surface area contributed by atoms with E-state index in [4.69, 9.17) is 4.74 Å². The molecule has 2 heterocycles. The van der Waals surface area contributed by atoms with Gasteiger partial charge >= 0.3 is 0 Å². The van der Waals surface area contributed by atoms with Crippen molar-refractivity contribution in [2.45, 2.75) is 18.6 Å². The SMILES string of the molecule is COc1cccc(C2(O)CCN(C(=O)Cn3ccc4ccccc43)CC2CN(C)C)c1.Cl. The zero-order chi connectivity index (χ0) is 22.0. The fourth-order valence-corrected chi connectivity index (χ4v) is 4.69. The Labute approximate surface area is 195 Å². The molecule has 2 atom stereocenters. The number of nitrogens with zero attached hydrogens (tertiary/aromatic N) is 3. The number of hydrogen-bond acceptors (Lipinski definition) is 4. The van der Waals surface area contributed by atoms with Crippen LogP contribution in [0.15, 0.2) is 60.8 Å². The van der Waals surface area contributed by atoms with Gasteiger partial charge in [0.2, 0.25) is 5.91 Å². The summed E-state index contributed by atoms with van der Waals surface area (Å²) in [5, 5.41) is 12.9. The van der Waals surface area contributed by atoms with Gasteiger partial charge in [0.15, 0.2) is 0 Å². The van der Waals surface area contributed by atoms with Crippen LogP contribution in [0.25, 0.3) is 10.9 Å². The van der Waals surface area contributed by atoms with Crippen LogP contribution < -0.4 is 4.74 Å². The van der Waals surface area contributed by atoms with Crippen molar-refractivity contribution in [1.29, 1.82) is 0 Å². The summed E-state index contributed by atoms with van der Waals surface area (Å²) in [4.78, 5) is 17.2. The van der Waals surface area contributed by atoms with Crippen molar-refractivity contribution < 1.29 is 14.6 Å². The lowest BCUT2D eigenvalue weighted by molar-refractivity contribution is -0.142. The molecule has 0 spiro atoms. The molecular formula is C25H32ClN3O3. The largest absolute Gasteiger partial charge is 0.497 e. The van der Waals surface area contributed by atoms with Gasteiger partial charge in [0.1, 0.15) is 12.3 Å². The molecule has 1 fully saturated rings. The van der Waals surface area contributed by atoms with Gasteiger partial charge in [-0.1, -0.05) is 30.3 Å². The molecule has 1 N–H and O–H groups in total. The van der Waals surface area contributed by atoms with Gasteiger partial charge in [0.25, 0.3) is 0 Å². The molecule has 1 aliphatic heterocycles. The van der Waals surface area contributed by atoms with Crippen LogP contribution in [0.5, 0.6) is 5.75 Å². The van der Waals surface area contributed by atoms with E-state index in [-0.39, 0.29) is 24.2 Å². The van der Waals surface area contributed by atoms with Crippen LogP contribution in [0.4, 0.5) is 0 Å². The number of para-hydroxylation sites is 1. The predicted octanol–water partition coefficient (Wildman–Crippen LogP) is 3.37. The molecule has 1 saturated heterocycles. The minimum atomic E-state index is -1.00. The van der Waals surface area contributed by atoms with Crippen molar-refractivity contribution in [3.8, 4) is 5.75 Å². The van der Waals surface area contributed by atoms with Crippen molar-refractivity contribution in [2.75, 3.05) is 40.8 Å². The summed E-state index contributed by atoms with van der Waals surface area (Å²) in [6, 6.07) is 17.8. The number of amides is 1. The highest BCUT2D eigenvalue weighted by Gasteiger charge is 2.44. The van der Waals surface area contributed by atoms with E-state index in [9.17, 15) is 9.90 Å². The maximum atomic E-state index is 13.2. The molecule has 2 unspecified atom stereocenters. The standard InChI is InChI=1S/C25H31N3O3.ClH/c1-26(2)16-21-17-28(14-12-25(21,30)20-8-6-9-22(15-20)31-3)24(29)18-27-13-11-19-7-4-5-10-23(19)27;/h4-11,13,15,21,30H,12,14,16-18H2,1-3H3;1H. The number of likely N-dealkylation sites (tertiary alicyclic amines) is 1. The van der Waals surface area contributed by atoms with Crippen molar-refractivity contribution in [3.63, 3.8) is 0 Å². The van der Waals surface area contributed by atoms with E-state index >= 15 is 0 Å². The minimum absolute atomic E-state index is 0. The first kappa shape index (κ1) is 24.1. The number of hydrogen-bond donors (Lipinski definition) is 1. The Morgan fingerprint density at radius 1 is 1.19 bits per heavy atom. The lowest BCUT2D eigenvalue weighted by Gasteiger charge is -2.46. The third-order valence-corrected chi connectivity index (χ3v) is 6.37. The second kappa shape index (κ2) is 9.94. The van der Waals surface area contributed by atoms with Crippen molar-refractivity contribution in [1.82, 2.24) is 14.4 Å². The normalized spacial score (nSPS) is 20.9.